The monoisotopic (exact) mass is 532 g/mol. The number of aliphatic carboxylic acids is 1. The molecule has 3 aromatic rings. The number of esters is 1. The zero-order valence-corrected chi connectivity index (χ0v) is 20.5. The number of ether oxygens (including phenoxy) is 1. The molecular formula is C24H18Cl2N2O6S. The standard InChI is InChI=1S/C24H18Cl2N2O6S/c1-13-27(9-8-19(29)30)24(33)22(35-13)21-17-10-16(26)6-7-18(17)28(23(21)32)11-20(31)34-12-14-2-4-15(25)5-3-14/h2-7,10H,1,8-9,11-12H2,(H,29,30)/b22-21-. The highest BCUT2D eigenvalue weighted by Crippen LogP contribution is 2.37. The number of carbonyl (C=O) groups excluding carboxylic acids is 2. The summed E-state index contributed by atoms with van der Waals surface area (Å²) in [5.74, 6) is -2.26. The number of carboxylic acid groups (broad SMARTS) is 1. The molecular weight excluding hydrogens is 515 g/mol. The van der Waals surface area contributed by atoms with Crippen LogP contribution in [-0.4, -0.2) is 34.1 Å². The van der Waals surface area contributed by atoms with Gasteiger partial charge in [0.15, 0.2) is 0 Å². The third kappa shape index (κ3) is 5.17. The fourth-order valence-electron chi connectivity index (χ4n) is 3.64. The summed E-state index contributed by atoms with van der Waals surface area (Å²) in [6, 6.07) is 11.5. The molecule has 2 aromatic carbocycles. The SMILES string of the molecule is C=c1s/c(=C2\C(=O)N(CC(=O)OCc3ccc(Cl)cc3)c3ccc(Cl)cc32)c(=O)n1CCC(=O)O. The van der Waals surface area contributed by atoms with Crippen LogP contribution in [0, 0.1) is 0 Å². The Morgan fingerprint density at radius 2 is 1.74 bits per heavy atom. The van der Waals surface area contributed by atoms with Crippen LogP contribution in [0.5, 0.6) is 0 Å². The molecule has 0 radical (unpaired) electrons. The number of halogens is 2. The first-order valence-corrected chi connectivity index (χ1v) is 11.9. The molecule has 1 amide bonds. The van der Waals surface area contributed by atoms with E-state index in [0.29, 0.717) is 26.0 Å². The maximum atomic E-state index is 13.4. The van der Waals surface area contributed by atoms with Crippen molar-refractivity contribution in [3.63, 3.8) is 0 Å². The first-order chi connectivity index (χ1) is 16.7. The van der Waals surface area contributed by atoms with Crippen LogP contribution < -0.4 is 19.7 Å². The molecule has 0 spiro atoms. The number of amides is 1. The van der Waals surface area contributed by atoms with Gasteiger partial charge in [0.05, 0.1) is 22.3 Å². The number of carboxylic acids is 1. The molecule has 0 saturated carbocycles. The Bertz CT molecular complexity index is 1510. The quantitative estimate of drug-likeness (QED) is 0.468. The number of aromatic nitrogens is 1. The smallest absolute Gasteiger partial charge is 0.326 e. The maximum Gasteiger partial charge on any atom is 0.326 e. The van der Waals surface area contributed by atoms with Crippen LogP contribution in [0.25, 0.3) is 12.2 Å². The highest BCUT2D eigenvalue weighted by Gasteiger charge is 2.36. The Balaban J connectivity index is 1.67. The van der Waals surface area contributed by atoms with Crippen LogP contribution >= 0.6 is 34.5 Å². The Morgan fingerprint density at radius 3 is 2.43 bits per heavy atom. The molecule has 11 heteroatoms. The van der Waals surface area contributed by atoms with E-state index in [1.54, 1.807) is 42.5 Å². The minimum absolute atomic E-state index is 0.00610. The Labute approximate surface area is 212 Å². The molecule has 0 bridgehead atoms. The lowest BCUT2D eigenvalue weighted by Crippen LogP contribution is -2.37. The van der Waals surface area contributed by atoms with Crippen molar-refractivity contribution in [2.45, 2.75) is 19.6 Å². The van der Waals surface area contributed by atoms with Gasteiger partial charge in [-0.1, -0.05) is 41.9 Å². The van der Waals surface area contributed by atoms with E-state index in [-0.39, 0.29) is 36.2 Å². The van der Waals surface area contributed by atoms with E-state index in [0.717, 1.165) is 16.9 Å². The van der Waals surface area contributed by atoms with Gasteiger partial charge in [0.2, 0.25) is 0 Å². The third-order valence-corrected chi connectivity index (χ3v) is 6.84. The van der Waals surface area contributed by atoms with Crippen LogP contribution in [0.1, 0.15) is 17.5 Å². The third-order valence-electron chi connectivity index (χ3n) is 5.31. The summed E-state index contributed by atoms with van der Waals surface area (Å²) >= 11 is 13.0. The summed E-state index contributed by atoms with van der Waals surface area (Å²) in [5.41, 5.74) is 1.10. The van der Waals surface area contributed by atoms with Gasteiger partial charge in [-0.05, 0) is 35.9 Å². The summed E-state index contributed by atoms with van der Waals surface area (Å²) in [6.07, 6.45) is -0.268. The molecule has 1 N–H and O–H groups in total. The lowest BCUT2D eigenvalue weighted by molar-refractivity contribution is -0.144. The lowest BCUT2D eigenvalue weighted by atomic mass is 10.1. The van der Waals surface area contributed by atoms with Crippen LogP contribution in [-0.2, 0) is 32.3 Å². The van der Waals surface area contributed by atoms with E-state index in [1.807, 2.05) is 0 Å². The number of carbonyl (C=O) groups is 3. The second-order valence-corrected chi connectivity index (χ2v) is 9.60. The average molecular weight is 533 g/mol. The summed E-state index contributed by atoms with van der Waals surface area (Å²) in [7, 11) is 0. The maximum absolute atomic E-state index is 13.4. The van der Waals surface area contributed by atoms with Crippen LogP contribution in [0.4, 0.5) is 5.69 Å². The van der Waals surface area contributed by atoms with Crippen molar-refractivity contribution in [2.24, 2.45) is 0 Å². The molecule has 0 unspecified atom stereocenters. The second kappa shape index (κ2) is 10.1. The molecule has 8 nitrogen and oxygen atoms in total. The van der Waals surface area contributed by atoms with Crippen LogP contribution in [0.2, 0.25) is 10.0 Å². The predicted octanol–water partition coefficient (Wildman–Crippen LogP) is 2.39. The molecule has 1 aromatic heterocycles. The zero-order valence-electron chi connectivity index (χ0n) is 18.1. The molecule has 0 fully saturated rings. The number of benzene rings is 2. The number of thiazole rings is 1. The van der Waals surface area contributed by atoms with E-state index < -0.39 is 23.4 Å². The number of fused-ring (bicyclic) bond motifs is 1. The number of hydrogen-bond acceptors (Lipinski definition) is 6. The molecule has 0 atom stereocenters. The van der Waals surface area contributed by atoms with Gasteiger partial charge >= 0.3 is 11.9 Å². The first kappa shape index (κ1) is 24.7. The summed E-state index contributed by atoms with van der Waals surface area (Å²) in [6.45, 7) is 3.37. The molecule has 2 heterocycles. The largest absolute Gasteiger partial charge is 0.481 e. The highest BCUT2D eigenvalue weighted by molar-refractivity contribution is 7.07. The van der Waals surface area contributed by atoms with E-state index in [1.165, 1.54) is 9.47 Å². The van der Waals surface area contributed by atoms with E-state index in [4.69, 9.17) is 33.0 Å². The molecule has 0 aliphatic carbocycles. The molecule has 35 heavy (non-hydrogen) atoms. The van der Waals surface area contributed by atoms with Gasteiger partial charge in [0.1, 0.15) is 17.7 Å². The molecule has 4 rings (SSSR count). The lowest BCUT2D eigenvalue weighted by Gasteiger charge is -2.16. The normalized spacial score (nSPS) is 14.2. The highest BCUT2D eigenvalue weighted by atomic mass is 35.5. The van der Waals surface area contributed by atoms with Gasteiger partial charge in [0, 0.05) is 22.2 Å². The molecule has 180 valence electrons. The van der Waals surface area contributed by atoms with E-state index in [2.05, 4.69) is 6.58 Å². The number of rotatable bonds is 7. The second-order valence-electron chi connectivity index (χ2n) is 7.64. The zero-order chi connectivity index (χ0) is 25.3. The molecule has 1 aliphatic heterocycles. The molecule has 0 saturated heterocycles. The fourth-order valence-corrected chi connectivity index (χ4v) is 4.96. The topological polar surface area (TPSA) is 106 Å². The summed E-state index contributed by atoms with van der Waals surface area (Å²) < 4.78 is 6.96. The summed E-state index contributed by atoms with van der Waals surface area (Å²) in [5, 5.41) is 9.87. The predicted molar refractivity (Wildman–Crippen MR) is 133 cm³/mol. The van der Waals surface area contributed by atoms with Gasteiger partial charge in [0.25, 0.3) is 11.5 Å². The Hall–Kier alpha value is -3.40. The van der Waals surface area contributed by atoms with Gasteiger partial charge in [-0.15, -0.1) is 11.3 Å². The van der Waals surface area contributed by atoms with Crippen molar-refractivity contribution >= 4 is 70.2 Å². The Kier molecular flexibility index (Phi) is 7.11. The van der Waals surface area contributed by atoms with Gasteiger partial charge in [-0.3, -0.25) is 28.6 Å². The van der Waals surface area contributed by atoms with Crippen LogP contribution in [0.15, 0.2) is 47.3 Å². The van der Waals surface area contributed by atoms with Crippen molar-refractivity contribution in [3.8, 4) is 0 Å². The van der Waals surface area contributed by atoms with Gasteiger partial charge in [-0.2, -0.15) is 0 Å². The fraction of sp³-hybridized carbons (Fsp3) is 0.167. The van der Waals surface area contributed by atoms with E-state index in [9.17, 15) is 19.2 Å². The average Bonchev–Trinajstić information content (AvgIpc) is 3.23. The number of anilines is 1. The minimum Gasteiger partial charge on any atom is -0.481 e. The molecule has 1 aliphatic rings. The van der Waals surface area contributed by atoms with E-state index >= 15 is 0 Å². The number of nitrogens with zero attached hydrogens (tertiary/aromatic N) is 2. The van der Waals surface area contributed by atoms with Crippen molar-refractivity contribution < 1.29 is 24.2 Å². The van der Waals surface area contributed by atoms with Gasteiger partial charge in [-0.25, -0.2) is 0 Å². The van der Waals surface area contributed by atoms with Crippen LogP contribution in [0.3, 0.4) is 0 Å². The van der Waals surface area contributed by atoms with Crippen molar-refractivity contribution in [1.82, 2.24) is 4.57 Å². The van der Waals surface area contributed by atoms with Crippen molar-refractivity contribution in [3.05, 3.63) is 83.2 Å². The number of hydrogen-bond donors (Lipinski definition) is 1. The van der Waals surface area contributed by atoms with Crippen molar-refractivity contribution in [2.75, 3.05) is 11.4 Å². The Morgan fingerprint density at radius 1 is 1.06 bits per heavy atom. The van der Waals surface area contributed by atoms with Gasteiger partial charge < -0.3 is 9.84 Å². The minimum atomic E-state index is -1.06. The summed E-state index contributed by atoms with van der Waals surface area (Å²) in [4.78, 5) is 51.2. The van der Waals surface area contributed by atoms with Crippen molar-refractivity contribution in [1.29, 1.82) is 0 Å². The first-order valence-electron chi connectivity index (χ1n) is 10.3.